The van der Waals surface area contributed by atoms with E-state index in [1.807, 2.05) is 48.5 Å². The molecule has 2 aromatic rings. The van der Waals surface area contributed by atoms with E-state index in [4.69, 9.17) is 4.74 Å². The number of carbonyl (C=O) groups is 1. The molecule has 1 aliphatic heterocycles. The smallest absolute Gasteiger partial charge is 0.266 e. The molecule has 5 heteroatoms. The van der Waals surface area contributed by atoms with Crippen LogP contribution in [0.15, 0.2) is 52.4 Å². The van der Waals surface area contributed by atoms with E-state index in [2.05, 4.69) is 18.8 Å². The fourth-order valence-corrected chi connectivity index (χ4v) is 3.43. The molecule has 4 nitrogen and oxygen atoms in total. The number of amides is 1. The van der Waals surface area contributed by atoms with Crippen LogP contribution in [0.3, 0.4) is 0 Å². The molecule has 0 aromatic heterocycles. The van der Waals surface area contributed by atoms with Gasteiger partial charge in [0.2, 0.25) is 0 Å². The maximum absolute atomic E-state index is 12.5. The summed E-state index contributed by atoms with van der Waals surface area (Å²) < 4.78 is 5.23. The van der Waals surface area contributed by atoms with Gasteiger partial charge in [-0.1, -0.05) is 18.2 Å². The number of carbonyl (C=O) groups excluding carboxylic acids is 1. The molecule has 3 rings (SSSR count). The zero-order valence-corrected chi connectivity index (χ0v) is 15.6. The predicted octanol–water partition coefficient (Wildman–Crippen LogP) is 4.55. The van der Waals surface area contributed by atoms with Crippen LogP contribution in [-0.4, -0.2) is 30.1 Å². The minimum Gasteiger partial charge on any atom is -0.497 e. The van der Waals surface area contributed by atoms with Gasteiger partial charge in [-0.25, -0.2) is 4.99 Å². The predicted molar refractivity (Wildman–Crippen MR) is 104 cm³/mol. The maximum Gasteiger partial charge on any atom is 0.266 e. The van der Waals surface area contributed by atoms with Gasteiger partial charge in [0.1, 0.15) is 5.75 Å². The number of nitrogens with zero attached hydrogens (tertiary/aromatic N) is 2. The average molecular weight is 352 g/mol. The van der Waals surface area contributed by atoms with E-state index in [0.717, 1.165) is 17.0 Å². The summed E-state index contributed by atoms with van der Waals surface area (Å²) in [7, 11) is 3.38. The van der Waals surface area contributed by atoms with Crippen LogP contribution >= 0.6 is 11.8 Å². The summed E-state index contributed by atoms with van der Waals surface area (Å²) in [5.74, 6) is 0.720. The first-order chi connectivity index (χ1) is 12.0. The van der Waals surface area contributed by atoms with E-state index in [1.165, 1.54) is 22.9 Å². The Morgan fingerprint density at radius 3 is 2.64 bits per heavy atom. The molecule has 1 saturated heterocycles. The molecule has 128 valence electrons. The van der Waals surface area contributed by atoms with Crippen molar-refractivity contribution in [2.24, 2.45) is 4.99 Å². The molecular formula is C20H20N2O2S. The van der Waals surface area contributed by atoms with Crippen LogP contribution < -0.4 is 4.74 Å². The third kappa shape index (κ3) is 3.77. The molecule has 1 aliphatic rings. The third-order valence-corrected chi connectivity index (χ3v) is 5.17. The monoisotopic (exact) mass is 352 g/mol. The molecule has 2 aromatic carbocycles. The zero-order valence-electron chi connectivity index (χ0n) is 14.7. The number of hydrogen-bond acceptors (Lipinski definition) is 4. The number of thioether (sulfide) groups is 1. The second kappa shape index (κ2) is 7.15. The molecule has 25 heavy (non-hydrogen) atoms. The maximum atomic E-state index is 12.5. The highest BCUT2D eigenvalue weighted by molar-refractivity contribution is 8.18. The van der Waals surface area contributed by atoms with Crippen molar-refractivity contribution in [3.8, 4) is 5.75 Å². The fraction of sp³-hybridized carbons (Fsp3) is 0.200. The number of hydrogen-bond donors (Lipinski definition) is 0. The fourth-order valence-electron chi connectivity index (χ4n) is 2.44. The molecule has 0 spiro atoms. The Hall–Kier alpha value is -2.53. The SMILES string of the molecule is COc1cccc(C=C2SC(=Nc3ccc(C)c(C)c3)N(C)C2=O)c1. The van der Waals surface area contributed by atoms with Crippen molar-refractivity contribution in [3.63, 3.8) is 0 Å². The zero-order chi connectivity index (χ0) is 18.0. The summed E-state index contributed by atoms with van der Waals surface area (Å²) >= 11 is 1.39. The van der Waals surface area contributed by atoms with Crippen molar-refractivity contribution < 1.29 is 9.53 Å². The quantitative estimate of drug-likeness (QED) is 0.761. The number of benzene rings is 2. The normalized spacial score (nSPS) is 17.6. The summed E-state index contributed by atoms with van der Waals surface area (Å²) in [4.78, 5) is 19.4. The lowest BCUT2D eigenvalue weighted by Gasteiger charge is -2.08. The molecule has 1 amide bonds. The number of aliphatic imine (C=N–C) groups is 1. The van der Waals surface area contributed by atoms with E-state index in [9.17, 15) is 4.79 Å². The molecule has 1 fully saturated rings. The molecule has 0 bridgehead atoms. The van der Waals surface area contributed by atoms with Gasteiger partial charge in [-0.3, -0.25) is 9.69 Å². The lowest BCUT2D eigenvalue weighted by atomic mass is 10.1. The van der Waals surface area contributed by atoms with Crippen molar-refractivity contribution in [2.45, 2.75) is 13.8 Å². The van der Waals surface area contributed by atoms with Crippen molar-refractivity contribution >= 4 is 34.6 Å². The Labute approximate surface area is 152 Å². The highest BCUT2D eigenvalue weighted by Crippen LogP contribution is 2.33. The van der Waals surface area contributed by atoms with Gasteiger partial charge < -0.3 is 4.74 Å². The second-order valence-corrected chi connectivity index (χ2v) is 6.92. The minimum absolute atomic E-state index is 0.0459. The largest absolute Gasteiger partial charge is 0.497 e. The van der Waals surface area contributed by atoms with Gasteiger partial charge in [-0.2, -0.15) is 0 Å². The van der Waals surface area contributed by atoms with Gasteiger partial charge in [-0.15, -0.1) is 0 Å². The van der Waals surface area contributed by atoms with Gasteiger partial charge in [0, 0.05) is 7.05 Å². The minimum atomic E-state index is -0.0459. The third-order valence-electron chi connectivity index (χ3n) is 4.11. The van der Waals surface area contributed by atoms with Crippen molar-refractivity contribution in [1.82, 2.24) is 4.90 Å². The van der Waals surface area contributed by atoms with E-state index in [0.29, 0.717) is 10.1 Å². The van der Waals surface area contributed by atoms with Gasteiger partial charge in [0.25, 0.3) is 5.91 Å². The Morgan fingerprint density at radius 1 is 1.12 bits per heavy atom. The van der Waals surface area contributed by atoms with Crippen LogP contribution in [0.4, 0.5) is 5.69 Å². The van der Waals surface area contributed by atoms with Gasteiger partial charge in [0.15, 0.2) is 5.17 Å². The number of amidine groups is 1. The van der Waals surface area contributed by atoms with Gasteiger partial charge in [0.05, 0.1) is 17.7 Å². The first kappa shape index (κ1) is 17.3. The molecule has 0 N–H and O–H groups in total. The Morgan fingerprint density at radius 2 is 1.92 bits per heavy atom. The summed E-state index contributed by atoms with van der Waals surface area (Å²) in [6.45, 7) is 4.13. The van der Waals surface area contributed by atoms with Crippen molar-refractivity contribution in [1.29, 1.82) is 0 Å². The van der Waals surface area contributed by atoms with E-state index in [1.54, 1.807) is 19.1 Å². The lowest BCUT2D eigenvalue weighted by Crippen LogP contribution is -2.23. The van der Waals surface area contributed by atoms with Crippen LogP contribution in [0.25, 0.3) is 6.08 Å². The summed E-state index contributed by atoms with van der Waals surface area (Å²) in [6.07, 6.45) is 1.87. The summed E-state index contributed by atoms with van der Waals surface area (Å²) in [5.41, 5.74) is 4.20. The van der Waals surface area contributed by atoms with E-state index in [-0.39, 0.29) is 5.91 Å². The molecule has 0 atom stereocenters. The van der Waals surface area contributed by atoms with Crippen LogP contribution in [0, 0.1) is 13.8 Å². The van der Waals surface area contributed by atoms with E-state index < -0.39 is 0 Å². The first-order valence-electron chi connectivity index (χ1n) is 7.95. The van der Waals surface area contributed by atoms with Crippen LogP contribution in [-0.2, 0) is 4.79 Å². The molecular weight excluding hydrogens is 332 g/mol. The number of ether oxygens (including phenoxy) is 1. The van der Waals surface area contributed by atoms with Gasteiger partial charge >= 0.3 is 0 Å². The van der Waals surface area contributed by atoms with Crippen LogP contribution in [0.2, 0.25) is 0 Å². The topological polar surface area (TPSA) is 41.9 Å². The molecule has 0 saturated carbocycles. The first-order valence-corrected chi connectivity index (χ1v) is 8.77. The highest BCUT2D eigenvalue weighted by atomic mass is 32.2. The molecule has 0 unspecified atom stereocenters. The molecule has 0 radical (unpaired) electrons. The summed E-state index contributed by atoms with van der Waals surface area (Å²) in [6, 6.07) is 13.7. The van der Waals surface area contributed by atoms with Crippen molar-refractivity contribution in [2.75, 3.05) is 14.2 Å². The molecule has 0 aliphatic carbocycles. The Balaban J connectivity index is 1.89. The summed E-state index contributed by atoms with van der Waals surface area (Å²) in [5, 5.41) is 0.683. The number of methoxy groups -OCH3 is 1. The van der Waals surface area contributed by atoms with Gasteiger partial charge in [-0.05, 0) is 72.6 Å². The number of aryl methyl sites for hydroxylation is 2. The van der Waals surface area contributed by atoms with Crippen molar-refractivity contribution in [3.05, 3.63) is 64.1 Å². The lowest BCUT2D eigenvalue weighted by molar-refractivity contribution is -0.121. The standard InChI is InChI=1S/C20H20N2O2S/c1-13-8-9-16(10-14(13)2)21-20-22(3)19(23)18(25-20)12-15-6-5-7-17(11-15)24-4/h5-12H,1-4H3. The van der Waals surface area contributed by atoms with E-state index >= 15 is 0 Å². The molecule has 1 heterocycles. The Bertz CT molecular complexity index is 887. The Kier molecular flexibility index (Phi) is 4.95. The van der Waals surface area contributed by atoms with Crippen LogP contribution in [0.5, 0.6) is 5.75 Å². The average Bonchev–Trinajstić information content (AvgIpc) is 2.86. The second-order valence-electron chi connectivity index (χ2n) is 5.91. The number of rotatable bonds is 3. The number of likely N-dealkylation sites (N-methyl/N-ethyl adjacent to an activating group) is 1. The highest BCUT2D eigenvalue weighted by Gasteiger charge is 2.30. The van der Waals surface area contributed by atoms with Crippen LogP contribution in [0.1, 0.15) is 16.7 Å².